The van der Waals surface area contributed by atoms with Crippen LogP contribution in [0.15, 0.2) is 18.2 Å². The number of aliphatic carboxylic acids is 1. The molecule has 15 heavy (non-hydrogen) atoms. The minimum atomic E-state index is -0.841. The first-order valence-electron chi connectivity index (χ1n) is 4.75. The standard InChI is InChI=1S/C11H12O4/c1-14-9-4-2-3-7-5-8(6-10(12)13)15-11(7)9/h2-4,8H,5-6H2,1H3,(H,12,13). The first-order valence-corrected chi connectivity index (χ1v) is 4.75. The summed E-state index contributed by atoms with van der Waals surface area (Å²) < 4.78 is 10.7. The van der Waals surface area contributed by atoms with E-state index in [1.54, 1.807) is 7.11 Å². The zero-order valence-corrected chi connectivity index (χ0v) is 8.40. The fourth-order valence-corrected chi connectivity index (χ4v) is 1.78. The molecule has 0 saturated heterocycles. The van der Waals surface area contributed by atoms with E-state index in [0.29, 0.717) is 17.9 Å². The second kappa shape index (κ2) is 3.81. The molecule has 1 heterocycles. The van der Waals surface area contributed by atoms with Crippen LogP contribution < -0.4 is 9.47 Å². The normalized spacial score (nSPS) is 18.1. The van der Waals surface area contributed by atoms with Crippen molar-refractivity contribution in [3.8, 4) is 11.5 Å². The number of para-hydroxylation sites is 1. The van der Waals surface area contributed by atoms with Crippen LogP contribution in [0.25, 0.3) is 0 Å². The molecule has 4 nitrogen and oxygen atoms in total. The minimum Gasteiger partial charge on any atom is -0.493 e. The van der Waals surface area contributed by atoms with Gasteiger partial charge >= 0.3 is 5.97 Å². The summed E-state index contributed by atoms with van der Waals surface area (Å²) >= 11 is 0. The van der Waals surface area contributed by atoms with E-state index >= 15 is 0 Å². The average Bonchev–Trinajstić information content (AvgIpc) is 2.58. The van der Waals surface area contributed by atoms with Crippen molar-refractivity contribution in [2.45, 2.75) is 18.9 Å². The summed E-state index contributed by atoms with van der Waals surface area (Å²) in [6.07, 6.45) is 0.394. The maximum absolute atomic E-state index is 10.5. The topological polar surface area (TPSA) is 55.8 Å². The number of carboxylic acids is 1. The molecule has 1 atom stereocenters. The summed E-state index contributed by atoms with van der Waals surface area (Å²) in [5.74, 6) is 0.512. The van der Waals surface area contributed by atoms with Gasteiger partial charge in [-0.05, 0) is 6.07 Å². The summed E-state index contributed by atoms with van der Waals surface area (Å²) in [6.45, 7) is 0. The second-order valence-electron chi connectivity index (χ2n) is 3.49. The Hall–Kier alpha value is -1.71. The van der Waals surface area contributed by atoms with Gasteiger partial charge in [-0.1, -0.05) is 12.1 Å². The molecule has 80 valence electrons. The molecule has 0 radical (unpaired) electrons. The number of benzene rings is 1. The summed E-state index contributed by atoms with van der Waals surface area (Å²) in [5, 5.41) is 8.67. The summed E-state index contributed by atoms with van der Waals surface area (Å²) in [6, 6.07) is 5.62. The molecular weight excluding hydrogens is 196 g/mol. The van der Waals surface area contributed by atoms with Crippen LogP contribution in [0, 0.1) is 0 Å². The van der Waals surface area contributed by atoms with Gasteiger partial charge in [-0.2, -0.15) is 0 Å². The van der Waals surface area contributed by atoms with Crippen LogP contribution in [0.3, 0.4) is 0 Å². The smallest absolute Gasteiger partial charge is 0.307 e. The number of carbonyl (C=O) groups is 1. The van der Waals surface area contributed by atoms with E-state index in [0.717, 1.165) is 5.56 Å². The third kappa shape index (κ3) is 1.88. The highest BCUT2D eigenvalue weighted by Crippen LogP contribution is 2.38. The van der Waals surface area contributed by atoms with Crippen LogP contribution in [0.2, 0.25) is 0 Å². The SMILES string of the molecule is COc1cccc2c1OC(CC(=O)O)C2. The van der Waals surface area contributed by atoms with Crippen LogP contribution in [0.5, 0.6) is 11.5 Å². The van der Waals surface area contributed by atoms with Gasteiger partial charge in [0.05, 0.1) is 13.5 Å². The van der Waals surface area contributed by atoms with Gasteiger partial charge in [0.15, 0.2) is 11.5 Å². The van der Waals surface area contributed by atoms with Crippen molar-refractivity contribution in [3.05, 3.63) is 23.8 Å². The molecule has 4 heteroatoms. The molecule has 0 fully saturated rings. The fraction of sp³-hybridized carbons (Fsp3) is 0.364. The molecule has 1 N–H and O–H groups in total. The number of rotatable bonds is 3. The average molecular weight is 208 g/mol. The van der Waals surface area contributed by atoms with Crippen LogP contribution in [-0.2, 0) is 11.2 Å². The predicted molar refractivity (Wildman–Crippen MR) is 53.4 cm³/mol. The van der Waals surface area contributed by atoms with E-state index in [1.165, 1.54) is 0 Å². The number of hydrogen-bond acceptors (Lipinski definition) is 3. The van der Waals surface area contributed by atoms with E-state index in [1.807, 2.05) is 18.2 Å². The van der Waals surface area contributed by atoms with E-state index in [2.05, 4.69) is 0 Å². The van der Waals surface area contributed by atoms with Gasteiger partial charge in [0.2, 0.25) is 0 Å². The summed E-state index contributed by atoms with van der Waals surface area (Å²) in [7, 11) is 1.57. The van der Waals surface area contributed by atoms with Gasteiger partial charge in [0, 0.05) is 12.0 Å². The molecule has 1 aromatic carbocycles. The largest absolute Gasteiger partial charge is 0.493 e. The van der Waals surface area contributed by atoms with Crippen LogP contribution in [0.1, 0.15) is 12.0 Å². The highest BCUT2D eigenvalue weighted by molar-refractivity contribution is 5.68. The van der Waals surface area contributed by atoms with E-state index in [9.17, 15) is 4.79 Å². The van der Waals surface area contributed by atoms with Crippen molar-refractivity contribution in [1.82, 2.24) is 0 Å². The molecule has 0 spiro atoms. The van der Waals surface area contributed by atoms with Crippen molar-refractivity contribution in [2.75, 3.05) is 7.11 Å². The van der Waals surface area contributed by atoms with Crippen molar-refractivity contribution in [2.24, 2.45) is 0 Å². The monoisotopic (exact) mass is 208 g/mol. The molecule has 0 amide bonds. The lowest BCUT2D eigenvalue weighted by Gasteiger charge is -2.09. The maximum atomic E-state index is 10.5. The van der Waals surface area contributed by atoms with Crippen molar-refractivity contribution in [3.63, 3.8) is 0 Å². The number of methoxy groups -OCH3 is 1. The molecule has 1 aromatic rings. The van der Waals surface area contributed by atoms with Crippen molar-refractivity contribution >= 4 is 5.97 Å². The van der Waals surface area contributed by atoms with Crippen molar-refractivity contribution < 1.29 is 19.4 Å². The lowest BCUT2D eigenvalue weighted by Crippen LogP contribution is -2.17. The van der Waals surface area contributed by atoms with E-state index < -0.39 is 5.97 Å². The fourth-order valence-electron chi connectivity index (χ4n) is 1.78. The van der Waals surface area contributed by atoms with Crippen molar-refractivity contribution in [1.29, 1.82) is 0 Å². The third-order valence-corrected chi connectivity index (χ3v) is 2.41. The van der Waals surface area contributed by atoms with E-state index in [-0.39, 0.29) is 12.5 Å². The number of fused-ring (bicyclic) bond motifs is 1. The minimum absolute atomic E-state index is 0.0256. The van der Waals surface area contributed by atoms with Crippen LogP contribution in [-0.4, -0.2) is 24.3 Å². The van der Waals surface area contributed by atoms with Gasteiger partial charge in [-0.15, -0.1) is 0 Å². The Morgan fingerprint density at radius 2 is 2.47 bits per heavy atom. The van der Waals surface area contributed by atoms with Gasteiger partial charge in [0.25, 0.3) is 0 Å². The zero-order chi connectivity index (χ0) is 10.8. The van der Waals surface area contributed by atoms with Gasteiger partial charge in [-0.25, -0.2) is 0 Å². The van der Waals surface area contributed by atoms with Gasteiger partial charge in [0.1, 0.15) is 6.10 Å². The Labute approximate surface area is 87.4 Å². The van der Waals surface area contributed by atoms with Gasteiger partial charge in [-0.3, -0.25) is 4.79 Å². The third-order valence-electron chi connectivity index (χ3n) is 2.41. The molecule has 0 bridgehead atoms. The predicted octanol–water partition coefficient (Wildman–Crippen LogP) is 1.47. The number of ether oxygens (including phenoxy) is 2. The van der Waals surface area contributed by atoms with Crippen LogP contribution >= 0.6 is 0 Å². The molecule has 0 aromatic heterocycles. The van der Waals surface area contributed by atoms with Gasteiger partial charge < -0.3 is 14.6 Å². The summed E-state index contributed by atoms with van der Waals surface area (Å²) in [5.41, 5.74) is 1.01. The van der Waals surface area contributed by atoms with E-state index in [4.69, 9.17) is 14.6 Å². The molecule has 1 aliphatic rings. The summed E-state index contributed by atoms with van der Waals surface area (Å²) in [4.78, 5) is 10.5. The number of hydrogen-bond donors (Lipinski definition) is 1. The Morgan fingerprint density at radius 3 is 3.13 bits per heavy atom. The van der Waals surface area contributed by atoms with Crippen LogP contribution in [0.4, 0.5) is 0 Å². The molecular formula is C11H12O4. The highest BCUT2D eigenvalue weighted by Gasteiger charge is 2.27. The quantitative estimate of drug-likeness (QED) is 0.817. The lowest BCUT2D eigenvalue weighted by atomic mass is 10.1. The lowest BCUT2D eigenvalue weighted by molar-refractivity contribution is -0.138. The Bertz CT molecular complexity index is 386. The first-order chi connectivity index (χ1) is 7.20. The molecule has 2 rings (SSSR count). The molecule has 0 saturated carbocycles. The molecule has 1 unspecified atom stereocenters. The highest BCUT2D eigenvalue weighted by atomic mass is 16.5. The Balaban J connectivity index is 2.19. The zero-order valence-electron chi connectivity index (χ0n) is 8.40. The number of carboxylic acid groups (broad SMARTS) is 1. The Kier molecular flexibility index (Phi) is 2.49. The Morgan fingerprint density at radius 1 is 1.67 bits per heavy atom. The first kappa shape index (κ1) is 9.83. The molecule has 0 aliphatic carbocycles. The molecule has 1 aliphatic heterocycles. The maximum Gasteiger partial charge on any atom is 0.307 e. The second-order valence-corrected chi connectivity index (χ2v) is 3.49.